The summed E-state index contributed by atoms with van der Waals surface area (Å²) >= 11 is 0. The highest BCUT2D eigenvalue weighted by Crippen LogP contribution is 2.15. The second kappa shape index (κ2) is 8.61. The molecule has 0 aliphatic heterocycles. The molecular weight excluding hydrogens is 394 g/mol. The lowest BCUT2D eigenvalue weighted by molar-refractivity contribution is 0.0894. The van der Waals surface area contributed by atoms with Crippen molar-refractivity contribution in [1.29, 1.82) is 0 Å². The number of anilines is 1. The van der Waals surface area contributed by atoms with Gasteiger partial charge in [-0.3, -0.25) is 9.59 Å². The topological polar surface area (TPSA) is 115 Å². The Morgan fingerprint density at radius 1 is 0.897 bits per heavy atom. The number of nitrogens with one attached hydrogen (secondary N) is 1. The molecule has 2 aromatic carbocycles. The SMILES string of the molecule is COc1ccc(C(=O)CC(=O)c2cnc(NS(=O)(=O)c3ccccc3)nc2)cc1. The van der Waals surface area contributed by atoms with E-state index >= 15 is 0 Å². The van der Waals surface area contributed by atoms with Gasteiger partial charge in [-0.25, -0.2) is 23.1 Å². The standard InChI is InChI=1S/C20H17N3O5S/c1-28-16-9-7-14(8-10-16)18(24)11-19(25)15-12-21-20(22-13-15)23-29(26,27)17-5-3-2-4-6-17/h2-10,12-13H,11H2,1H3,(H,21,22,23). The van der Waals surface area contributed by atoms with E-state index in [-0.39, 0.29) is 28.6 Å². The van der Waals surface area contributed by atoms with Gasteiger partial charge in [0.1, 0.15) is 5.75 Å². The molecule has 9 heteroatoms. The van der Waals surface area contributed by atoms with Crippen molar-refractivity contribution < 1.29 is 22.7 Å². The zero-order valence-corrected chi connectivity index (χ0v) is 16.2. The lowest BCUT2D eigenvalue weighted by Crippen LogP contribution is -2.15. The molecule has 0 amide bonds. The number of carbonyl (C=O) groups is 2. The van der Waals surface area contributed by atoms with E-state index in [9.17, 15) is 18.0 Å². The Balaban J connectivity index is 1.66. The Morgan fingerprint density at radius 2 is 1.48 bits per heavy atom. The number of Topliss-reactive ketones (excluding diaryl/α,β-unsaturated/α-hetero) is 2. The van der Waals surface area contributed by atoms with Crippen molar-refractivity contribution in [2.24, 2.45) is 0 Å². The number of sulfonamides is 1. The first kappa shape index (κ1) is 20.2. The van der Waals surface area contributed by atoms with Gasteiger partial charge in [0.05, 0.1) is 24.0 Å². The molecular formula is C20H17N3O5S. The molecule has 8 nitrogen and oxygen atoms in total. The van der Waals surface area contributed by atoms with Gasteiger partial charge in [0, 0.05) is 18.0 Å². The third kappa shape index (κ3) is 5.02. The summed E-state index contributed by atoms with van der Waals surface area (Å²) in [6.45, 7) is 0. The molecule has 1 N–H and O–H groups in total. The van der Waals surface area contributed by atoms with Gasteiger partial charge in [0.2, 0.25) is 5.95 Å². The summed E-state index contributed by atoms with van der Waals surface area (Å²) in [5, 5.41) is 0. The molecule has 0 saturated heterocycles. The van der Waals surface area contributed by atoms with Gasteiger partial charge in [0.15, 0.2) is 11.6 Å². The van der Waals surface area contributed by atoms with Gasteiger partial charge < -0.3 is 4.74 Å². The number of ketones is 2. The summed E-state index contributed by atoms with van der Waals surface area (Å²) < 4.78 is 31.8. The van der Waals surface area contributed by atoms with Crippen molar-refractivity contribution in [1.82, 2.24) is 9.97 Å². The van der Waals surface area contributed by atoms with Crippen molar-refractivity contribution in [3.8, 4) is 5.75 Å². The first-order chi connectivity index (χ1) is 13.9. The van der Waals surface area contributed by atoms with Crippen LogP contribution in [0, 0.1) is 0 Å². The Morgan fingerprint density at radius 3 is 2.07 bits per heavy atom. The van der Waals surface area contributed by atoms with Crippen LogP contribution in [0.5, 0.6) is 5.75 Å². The number of rotatable bonds is 8. The summed E-state index contributed by atoms with van der Waals surface area (Å²) in [6.07, 6.45) is 2.00. The molecule has 3 rings (SSSR count). The van der Waals surface area contributed by atoms with Gasteiger partial charge in [-0.15, -0.1) is 0 Å². The van der Waals surface area contributed by atoms with E-state index in [1.807, 2.05) is 0 Å². The van der Waals surface area contributed by atoms with Gasteiger partial charge in [0.25, 0.3) is 10.0 Å². The lowest BCUT2D eigenvalue weighted by atomic mass is 10.0. The van der Waals surface area contributed by atoms with Gasteiger partial charge in [-0.05, 0) is 36.4 Å². The molecule has 1 aromatic heterocycles. The number of nitrogens with zero attached hydrogens (tertiary/aromatic N) is 2. The van der Waals surface area contributed by atoms with E-state index < -0.39 is 15.8 Å². The van der Waals surface area contributed by atoms with E-state index in [0.717, 1.165) is 0 Å². The normalized spacial score (nSPS) is 10.9. The summed E-state index contributed by atoms with van der Waals surface area (Å²) in [4.78, 5) is 32.3. The third-order valence-electron chi connectivity index (χ3n) is 3.99. The summed E-state index contributed by atoms with van der Waals surface area (Å²) in [5.41, 5.74) is 0.488. The van der Waals surface area contributed by atoms with Crippen molar-refractivity contribution in [2.45, 2.75) is 11.3 Å². The maximum absolute atomic E-state index is 12.3. The Hall–Kier alpha value is -3.59. The Kier molecular flexibility index (Phi) is 5.99. The molecule has 0 spiro atoms. The Bertz CT molecular complexity index is 1110. The highest BCUT2D eigenvalue weighted by molar-refractivity contribution is 7.92. The average molecular weight is 411 g/mol. The largest absolute Gasteiger partial charge is 0.497 e. The number of methoxy groups -OCH3 is 1. The van der Waals surface area contributed by atoms with Gasteiger partial charge in [-0.2, -0.15) is 0 Å². The molecule has 0 aliphatic carbocycles. The van der Waals surface area contributed by atoms with Crippen LogP contribution in [0.3, 0.4) is 0 Å². The predicted octanol–water partition coefficient (Wildman–Crippen LogP) is 2.74. The fourth-order valence-electron chi connectivity index (χ4n) is 2.43. The van der Waals surface area contributed by atoms with E-state index in [2.05, 4.69) is 14.7 Å². The fourth-order valence-corrected chi connectivity index (χ4v) is 3.41. The zero-order chi connectivity index (χ0) is 20.9. The molecule has 0 aliphatic rings. The second-order valence-corrected chi connectivity index (χ2v) is 7.65. The molecule has 148 valence electrons. The van der Waals surface area contributed by atoms with Crippen LogP contribution in [-0.2, 0) is 10.0 Å². The molecule has 0 unspecified atom stereocenters. The first-order valence-electron chi connectivity index (χ1n) is 8.49. The van der Waals surface area contributed by atoms with Gasteiger partial charge >= 0.3 is 0 Å². The van der Waals surface area contributed by atoms with E-state index in [1.54, 1.807) is 42.5 Å². The van der Waals surface area contributed by atoms with Crippen molar-refractivity contribution in [3.63, 3.8) is 0 Å². The molecule has 29 heavy (non-hydrogen) atoms. The van der Waals surface area contributed by atoms with Crippen LogP contribution in [0.2, 0.25) is 0 Å². The molecule has 0 saturated carbocycles. The average Bonchev–Trinajstić information content (AvgIpc) is 2.74. The highest BCUT2D eigenvalue weighted by Gasteiger charge is 2.17. The summed E-state index contributed by atoms with van der Waals surface area (Å²) in [6, 6.07) is 14.2. The van der Waals surface area contributed by atoms with E-state index in [0.29, 0.717) is 11.3 Å². The number of aromatic nitrogens is 2. The lowest BCUT2D eigenvalue weighted by Gasteiger charge is -2.07. The van der Waals surface area contributed by atoms with Crippen LogP contribution in [0.15, 0.2) is 71.9 Å². The highest BCUT2D eigenvalue weighted by atomic mass is 32.2. The maximum atomic E-state index is 12.3. The molecule has 0 bridgehead atoms. The Labute approximate surface area is 167 Å². The van der Waals surface area contributed by atoms with Crippen LogP contribution in [0.4, 0.5) is 5.95 Å². The number of carbonyl (C=O) groups excluding carboxylic acids is 2. The van der Waals surface area contributed by atoms with Crippen molar-refractivity contribution >= 4 is 27.5 Å². The van der Waals surface area contributed by atoms with Crippen LogP contribution in [0.25, 0.3) is 0 Å². The van der Waals surface area contributed by atoms with E-state index in [1.165, 1.54) is 31.6 Å². The number of hydrogen-bond acceptors (Lipinski definition) is 7. The minimum atomic E-state index is -3.83. The predicted molar refractivity (Wildman–Crippen MR) is 106 cm³/mol. The molecule has 0 atom stereocenters. The minimum absolute atomic E-state index is 0.0637. The van der Waals surface area contributed by atoms with Crippen LogP contribution < -0.4 is 9.46 Å². The summed E-state index contributed by atoms with van der Waals surface area (Å²) in [7, 11) is -2.31. The van der Waals surface area contributed by atoms with Gasteiger partial charge in [-0.1, -0.05) is 18.2 Å². The molecule has 1 heterocycles. The first-order valence-corrected chi connectivity index (χ1v) is 9.98. The fraction of sp³-hybridized carbons (Fsp3) is 0.100. The monoisotopic (exact) mass is 411 g/mol. The number of benzene rings is 2. The van der Waals surface area contributed by atoms with Crippen LogP contribution in [-0.4, -0.2) is 37.1 Å². The quantitative estimate of drug-likeness (QED) is 0.447. The second-order valence-electron chi connectivity index (χ2n) is 5.97. The number of hydrogen-bond donors (Lipinski definition) is 1. The zero-order valence-electron chi connectivity index (χ0n) is 15.4. The van der Waals surface area contributed by atoms with Crippen LogP contribution >= 0.6 is 0 Å². The molecule has 0 fully saturated rings. The maximum Gasteiger partial charge on any atom is 0.264 e. The van der Waals surface area contributed by atoms with Crippen molar-refractivity contribution in [2.75, 3.05) is 11.8 Å². The number of ether oxygens (including phenoxy) is 1. The minimum Gasteiger partial charge on any atom is -0.497 e. The summed E-state index contributed by atoms with van der Waals surface area (Å²) in [5.74, 6) is -0.392. The van der Waals surface area contributed by atoms with Crippen molar-refractivity contribution in [3.05, 3.63) is 78.1 Å². The third-order valence-corrected chi connectivity index (χ3v) is 5.33. The smallest absolute Gasteiger partial charge is 0.264 e. The molecule has 0 radical (unpaired) electrons. The molecule has 3 aromatic rings. The van der Waals surface area contributed by atoms with E-state index in [4.69, 9.17) is 4.74 Å². The van der Waals surface area contributed by atoms with Crippen LogP contribution in [0.1, 0.15) is 27.1 Å².